The second kappa shape index (κ2) is 5.79. The van der Waals surface area contributed by atoms with E-state index in [1.807, 2.05) is 35.3 Å². The van der Waals surface area contributed by atoms with E-state index >= 15 is 0 Å². The van der Waals surface area contributed by atoms with Crippen LogP contribution in [0, 0.1) is 4.91 Å². The molecule has 0 N–H and O–H groups in total. The quantitative estimate of drug-likeness (QED) is 0.697. The lowest BCUT2D eigenvalue weighted by Gasteiger charge is -2.30. The highest BCUT2D eigenvalue weighted by molar-refractivity contribution is 5.80. The van der Waals surface area contributed by atoms with E-state index in [9.17, 15) is 4.91 Å². The number of fused-ring (bicyclic) bond motifs is 1. The highest BCUT2D eigenvalue weighted by Gasteiger charge is 2.20. The van der Waals surface area contributed by atoms with E-state index in [2.05, 4.69) is 32.2 Å². The van der Waals surface area contributed by atoms with Crippen LogP contribution in [0.1, 0.15) is 12.8 Å². The van der Waals surface area contributed by atoms with Crippen LogP contribution in [-0.4, -0.2) is 33.7 Å². The van der Waals surface area contributed by atoms with E-state index < -0.39 is 0 Å². The summed E-state index contributed by atoms with van der Waals surface area (Å²) in [5.41, 5.74) is 2.14. The summed E-state index contributed by atoms with van der Waals surface area (Å²) in [6.07, 6.45) is 9.18. The van der Waals surface area contributed by atoms with Gasteiger partial charge in [-0.15, -0.1) is 0 Å². The predicted molar refractivity (Wildman–Crippen MR) is 89.9 cm³/mol. The van der Waals surface area contributed by atoms with Crippen molar-refractivity contribution in [1.29, 1.82) is 0 Å². The van der Waals surface area contributed by atoms with Crippen molar-refractivity contribution in [3.05, 3.63) is 54.0 Å². The summed E-state index contributed by atoms with van der Waals surface area (Å²) in [7, 11) is 0. The summed E-state index contributed by atoms with van der Waals surface area (Å²) < 4.78 is 2.04. The summed E-state index contributed by atoms with van der Waals surface area (Å²) in [5.74, 6) is 0.876. The molecule has 6 heteroatoms. The Kier molecular flexibility index (Phi) is 3.49. The lowest BCUT2D eigenvalue weighted by molar-refractivity contribution is 0.500. The third-order valence-corrected chi connectivity index (χ3v) is 4.45. The molecule has 1 saturated heterocycles. The van der Waals surface area contributed by atoms with Gasteiger partial charge in [-0.3, -0.25) is 9.55 Å². The molecule has 1 fully saturated rings. The molecule has 0 atom stereocenters. The normalized spacial score (nSPS) is 15.9. The van der Waals surface area contributed by atoms with E-state index in [4.69, 9.17) is 0 Å². The van der Waals surface area contributed by atoms with Gasteiger partial charge in [0.05, 0.1) is 29.6 Å². The predicted octanol–water partition coefficient (Wildman–Crippen LogP) is 3.16. The van der Waals surface area contributed by atoms with Crippen molar-refractivity contribution in [3.63, 3.8) is 0 Å². The fraction of sp³-hybridized carbons (Fsp3) is 0.294. The first-order chi connectivity index (χ1) is 11.3. The van der Waals surface area contributed by atoms with Gasteiger partial charge in [-0.2, -0.15) is 4.91 Å². The molecule has 6 nitrogen and oxygen atoms in total. The molecule has 0 aliphatic carbocycles. The molecule has 1 aliphatic heterocycles. The molecule has 3 aromatic heterocycles. The molecule has 0 bridgehead atoms. The molecule has 4 heterocycles. The van der Waals surface area contributed by atoms with Gasteiger partial charge >= 0.3 is 0 Å². The van der Waals surface area contributed by atoms with Gasteiger partial charge in [-0.25, -0.2) is 4.98 Å². The van der Waals surface area contributed by atoms with Gasteiger partial charge in [0.25, 0.3) is 0 Å². The maximum absolute atomic E-state index is 10.6. The third-order valence-electron chi connectivity index (χ3n) is 4.45. The zero-order valence-corrected chi connectivity index (χ0v) is 12.7. The Morgan fingerprint density at radius 2 is 1.96 bits per heavy atom. The molecule has 0 amide bonds. The Hall–Kier alpha value is -2.76. The van der Waals surface area contributed by atoms with Crippen molar-refractivity contribution in [2.24, 2.45) is 5.18 Å². The average molecular weight is 307 g/mol. The van der Waals surface area contributed by atoms with Crippen LogP contribution in [0.5, 0.6) is 0 Å². The van der Waals surface area contributed by atoms with Gasteiger partial charge < -0.3 is 4.90 Å². The summed E-state index contributed by atoms with van der Waals surface area (Å²) in [6, 6.07) is 8.12. The zero-order chi connectivity index (χ0) is 15.6. The summed E-state index contributed by atoms with van der Waals surface area (Å²) in [4.78, 5) is 21.6. The van der Waals surface area contributed by atoms with Crippen molar-refractivity contribution in [2.75, 3.05) is 18.0 Å². The molecule has 4 rings (SSSR count). The molecule has 0 radical (unpaired) electrons. The van der Waals surface area contributed by atoms with E-state index in [0.717, 1.165) is 48.3 Å². The minimum absolute atomic E-state index is 0.0304. The largest absolute Gasteiger partial charge is 0.370 e. The Bertz CT molecular complexity index is 818. The Labute approximate surface area is 133 Å². The number of anilines is 1. The van der Waals surface area contributed by atoms with Crippen molar-refractivity contribution in [1.82, 2.24) is 14.5 Å². The molecule has 0 aromatic carbocycles. The number of pyridine rings is 2. The molecule has 0 saturated carbocycles. The fourth-order valence-electron chi connectivity index (χ4n) is 3.11. The van der Waals surface area contributed by atoms with Crippen molar-refractivity contribution >= 4 is 16.6 Å². The molecule has 116 valence electrons. The first-order valence-electron chi connectivity index (χ1n) is 7.80. The van der Waals surface area contributed by atoms with Crippen molar-refractivity contribution in [3.8, 4) is 5.82 Å². The Morgan fingerprint density at radius 3 is 2.70 bits per heavy atom. The molecular formula is C17H17N5O. The molecule has 3 aromatic rings. The van der Waals surface area contributed by atoms with Crippen LogP contribution < -0.4 is 4.90 Å². The molecule has 1 aliphatic rings. The average Bonchev–Trinajstić information content (AvgIpc) is 3.06. The first-order valence-corrected chi connectivity index (χ1v) is 7.80. The van der Waals surface area contributed by atoms with Crippen molar-refractivity contribution in [2.45, 2.75) is 18.9 Å². The van der Waals surface area contributed by atoms with Crippen LogP contribution in [0.2, 0.25) is 0 Å². The van der Waals surface area contributed by atoms with Gasteiger partial charge in [0, 0.05) is 30.9 Å². The number of piperidine rings is 1. The molecule has 0 spiro atoms. The second-order valence-electron chi connectivity index (χ2n) is 5.82. The highest BCUT2D eigenvalue weighted by Crippen LogP contribution is 2.23. The van der Waals surface area contributed by atoms with E-state index in [0.29, 0.717) is 0 Å². The fourth-order valence-corrected chi connectivity index (χ4v) is 3.11. The van der Waals surface area contributed by atoms with Crippen molar-refractivity contribution < 1.29 is 0 Å². The molecule has 23 heavy (non-hydrogen) atoms. The monoisotopic (exact) mass is 307 g/mol. The van der Waals surface area contributed by atoms with Gasteiger partial charge in [0.2, 0.25) is 0 Å². The number of hydrogen-bond acceptors (Lipinski definition) is 5. The van der Waals surface area contributed by atoms with Gasteiger partial charge in [0.1, 0.15) is 5.82 Å². The summed E-state index contributed by atoms with van der Waals surface area (Å²) in [5, 5.41) is 4.30. The first kappa shape index (κ1) is 13.9. The maximum atomic E-state index is 10.6. The van der Waals surface area contributed by atoms with Crippen LogP contribution in [0.3, 0.4) is 0 Å². The van der Waals surface area contributed by atoms with Gasteiger partial charge in [0.15, 0.2) is 0 Å². The zero-order valence-electron chi connectivity index (χ0n) is 12.7. The number of hydrogen-bond donors (Lipinski definition) is 0. The smallest absolute Gasteiger partial charge is 0.137 e. The lowest BCUT2D eigenvalue weighted by atomic mass is 10.1. The number of rotatable bonds is 3. The van der Waals surface area contributed by atoms with E-state index in [1.165, 1.54) is 0 Å². The molecule has 0 unspecified atom stereocenters. The minimum atomic E-state index is -0.0304. The standard InChI is InChI=1S/C17H17N5O/c23-20-14-5-8-21(9-6-14)15-1-2-17(19-11-15)22-10-4-13-3-7-18-12-16(13)22/h1-4,7,10-12,14H,5-6,8-9H2. The van der Waals surface area contributed by atoms with Gasteiger partial charge in [-0.05, 0) is 37.1 Å². The maximum Gasteiger partial charge on any atom is 0.137 e. The highest BCUT2D eigenvalue weighted by atomic mass is 16.3. The second-order valence-corrected chi connectivity index (χ2v) is 5.82. The lowest BCUT2D eigenvalue weighted by Crippen LogP contribution is -2.35. The van der Waals surface area contributed by atoms with E-state index in [-0.39, 0.29) is 6.04 Å². The number of nitrogens with zero attached hydrogens (tertiary/aromatic N) is 5. The SMILES string of the molecule is O=NC1CCN(c2ccc(-n3ccc4ccncc43)nc2)CC1. The Balaban J connectivity index is 1.58. The number of nitroso groups, excluding NO2 is 1. The molecular weight excluding hydrogens is 290 g/mol. The Morgan fingerprint density at radius 1 is 1.09 bits per heavy atom. The van der Waals surface area contributed by atoms with Crippen LogP contribution in [0.25, 0.3) is 16.7 Å². The third kappa shape index (κ3) is 2.56. The van der Waals surface area contributed by atoms with Gasteiger partial charge in [-0.1, -0.05) is 5.18 Å². The van der Waals surface area contributed by atoms with Crippen LogP contribution >= 0.6 is 0 Å². The summed E-state index contributed by atoms with van der Waals surface area (Å²) >= 11 is 0. The topological polar surface area (TPSA) is 63.4 Å². The van der Waals surface area contributed by atoms with Crippen LogP contribution in [0.4, 0.5) is 5.69 Å². The minimum Gasteiger partial charge on any atom is -0.370 e. The summed E-state index contributed by atoms with van der Waals surface area (Å²) in [6.45, 7) is 1.71. The van der Waals surface area contributed by atoms with E-state index in [1.54, 1.807) is 6.20 Å². The van der Waals surface area contributed by atoms with Crippen LogP contribution in [0.15, 0.2) is 54.2 Å². The van der Waals surface area contributed by atoms with Crippen LogP contribution in [-0.2, 0) is 0 Å². The number of aromatic nitrogens is 3.